The highest BCUT2D eigenvalue weighted by Gasteiger charge is 2.51. The number of ether oxygens (including phenoxy) is 2. The minimum atomic E-state index is -4.91. The largest absolute Gasteiger partial charge is 0.495 e. The molecule has 2 aromatic carbocycles. The number of aryl methyl sites for hydroxylation is 1. The monoisotopic (exact) mass is 453 g/mol. The Hall–Kier alpha value is -2.78. The fourth-order valence-electron chi connectivity index (χ4n) is 3.66. The molecule has 0 radical (unpaired) electrons. The van der Waals surface area contributed by atoms with Gasteiger partial charge >= 0.3 is 6.18 Å². The molecule has 0 bridgehead atoms. The third kappa shape index (κ3) is 4.14. The standard InChI is InChI=1S/C23H26F3NO5/c1-4-5-8-27-20-17(11-14(12-19(20)31-3)22(2,30)23(24,25)26)16-7-6-15(32-10-9-28)13-18(16)21(27)29/h6-7,11-13,28,30H,4-5,8-10H2,1-3H3. The molecule has 1 unspecified atom stereocenters. The summed E-state index contributed by atoms with van der Waals surface area (Å²) in [7, 11) is 1.31. The van der Waals surface area contributed by atoms with Gasteiger partial charge in [-0.05, 0) is 54.6 Å². The van der Waals surface area contributed by atoms with Crippen LogP contribution >= 0.6 is 0 Å². The van der Waals surface area contributed by atoms with Gasteiger partial charge in [0.15, 0.2) is 5.60 Å². The van der Waals surface area contributed by atoms with E-state index in [0.717, 1.165) is 12.5 Å². The zero-order valence-electron chi connectivity index (χ0n) is 18.1. The van der Waals surface area contributed by atoms with E-state index in [1.54, 1.807) is 12.1 Å². The number of benzene rings is 2. The minimum Gasteiger partial charge on any atom is -0.495 e. The maximum absolute atomic E-state index is 13.6. The lowest BCUT2D eigenvalue weighted by atomic mass is 9.92. The Morgan fingerprint density at radius 2 is 1.81 bits per heavy atom. The number of pyridine rings is 1. The number of aliphatic hydroxyl groups excluding tert-OH is 1. The lowest BCUT2D eigenvalue weighted by Crippen LogP contribution is -2.39. The molecule has 0 fully saturated rings. The molecule has 1 heterocycles. The molecular weight excluding hydrogens is 427 g/mol. The van der Waals surface area contributed by atoms with Gasteiger partial charge in [0.1, 0.15) is 18.1 Å². The van der Waals surface area contributed by atoms with E-state index in [1.807, 2.05) is 6.92 Å². The van der Waals surface area contributed by atoms with Crippen molar-refractivity contribution in [3.8, 4) is 11.5 Å². The molecule has 0 aliphatic heterocycles. The number of unbranched alkanes of at least 4 members (excludes halogenated alkanes) is 1. The maximum atomic E-state index is 13.6. The molecule has 2 N–H and O–H groups in total. The average molecular weight is 453 g/mol. The van der Waals surface area contributed by atoms with Gasteiger partial charge in [0, 0.05) is 11.9 Å². The lowest BCUT2D eigenvalue weighted by Gasteiger charge is -2.28. The summed E-state index contributed by atoms with van der Waals surface area (Å²) >= 11 is 0. The van der Waals surface area contributed by atoms with Gasteiger partial charge in [-0.15, -0.1) is 0 Å². The Morgan fingerprint density at radius 1 is 1.09 bits per heavy atom. The predicted octanol–water partition coefficient (Wildman–Crippen LogP) is 4.10. The molecule has 0 saturated carbocycles. The average Bonchev–Trinajstić information content (AvgIpc) is 2.76. The number of rotatable bonds is 8. The van der Waals surface area contributed by atoms with Gasteiger partial charge in [-0.2, -0.15) is 13.2 Å². The molecule has 0 spiro atoms. The molecule has 32 heavy (non-hydrogen) atoms. The van der Waals surface area contributed by atoms with E-state index >= 15 is 0 Å². The van der Waals surface area contributed by atoms with Crippen molar-refractivity contribution in [1.82, 2.24) is 4.57 Å². The highest BCUT2D eigenvalue weighted by Crippen LogP contribution is 2.42. The molecule has 3 rings (SSSR count). The van der Waals surface area contributed by atoms with E-state index in [2.05, 4.69) is 0 Å². The Morgan fingerprint density at radius 3 is 2.41 bits per heavy atom. The van der Waals surface area contributed by atoms with Crippen LogP contribution in [-0.2, 0) is 12.1 Å². The van der Waals surface area contributed by atoms with Crippen LogP contribution in [0.2, 0.25) is 0 Å². The fraction of sp³-hybridized carbons (Fsp3) is 0.435. The molecule has 1 aromatic heterocycles. The van der Waals surface area contributed by atoms with Crippen molar-refractivity contribution in [2.45, 2.75) is 45.0 Å². The Labute approximate surface area is 182 Å². The molecule has 0 aliphatic carbocycles. The van der Waals surface area contributed by atoms with Crippen LogP contribution in [-0.4, -0.2) is 41.3 Å². The van der Waals surface area contributed by atoms with E-state index in [9.17, 15) is 23.1 Å². The quantitative estimate of drug-likeness (QED) is 0.502. The van der Waals surface area contributed by atoms with Gasteiger partial charge in [-0.1, -0.05) is 13.3 Å². The van der Waals surface area contributed by atoms with Gasteiger partial charge < -0.3 is 24.3 Å². The third-order valence-electron chi connectivity index (χ3n) is 5.53. The summed E-state index contributed by atoms with van der Waals surface area (Å²) in [6.07, 6.45) is -3.44. The van der Waals surface area contributed by atoms with Crippen molar-refractivity contribution in [1.29, 1.82) is 0 Å². The second kappa shape index (κ2) is 8.99. The van der Waals surface area contributed by atoms with Gasteiger partial charge in [-0.3, -0.25) is 4.79 Å². The normalized spacial score (nSPS) is 14.0. The molecule has 6 nitrogen and oxygen atoms in total. The number of alkyl halides is 3. The van der Waals surface area contributed by atoms with E-state index < -0.39 is 17.3 Å². The van der Waals surface area contributed by atoms with Crippen molar-refractivity contribution in [3.63, 3.8) is 0 Å². The first-order chi connectivity index (χ1) is 15.1. The highest BCUT2D eigenvalue weighted by atomic mass is 19.4. The second-order valence-corrected chi connectivity index (χ2v) is 7.73. The van der Waals surface area contributed by atoms with E-state index in [1.165, 1.54) is 23.8 Å². The second-order valence-electron chi connectivity index (χ2n) is 7.73. The predicted molar refractivity (Wildman–Crippen MR) is 115 cm³/mol. The number of hydrogen-bond donors (Lipinski definition) is 2. The zero-order chi connectivity index (χ0) is 23.7. The summed E-state index contributed by atoms with van der Waals surface area (Å²) in [5.74, 6) is 0.424. The summed E-state index contributed by atoms with van der Waals surface area (Å²) in [5, 5.41) is 20.3. The van der Waals surface area contributed by atoms with Crippen LogP contribution in [0.4, 0.5) is 13.2 Å². The molecule has 1 atom stereocenters. The van der Waals surface area contributed by atoms with Gasteiger partial charge in [0.25, 0.3) is 5.56 Å². The van der Waals surface area contributed by atoms with Crippen molar-refractivity contribution in [3.05, 3.63) is 46.2 Å². The molecule has 174 valence electrons. The van der Waals surface area contributed by atoms with E-state index in [0.29, 0.717) is 41.9 Å². The molecule has 0 saturated heterocycles. The van der Waals surface area contributed by atoms with Gasteiger partial charge in [0.05, 0.1) is 24.6 Å². The fourth-order valence-corrected chi connectivity index (χ4v) is 3.66. The molecule has 0 aliphatic rings. The number of fused-ring (bicyclic) bond motifs is 3. The molecule has 3 aromatic rings. The van der Waals surface area contributed by atoms with E-state index in [-0.39, 0.29) is 29.9 Å². The number of halogens is 3. The first-order valence-electron chi connectivity index (χ1n) is 10.3. The van der Waals surface area contributed by atoms with E-state index in [4.69, 9.17) is 14.6 Å². The smallest absolute Gasteiger partial charge is 0.421 e. The molecule has 0 amide bonds. The van der Waals surface area contributed by atoms with Crippen LogP contribution in [0.15, 0.2) is 35.1 Å². The Kier molecular flexibility index (Phi) is 6.71. The highest BCUT2D eigenvalue weighted by molar-refractivity contribution is 6.08. The van der Waals surface area contributed by atoms with Crippen molar-refractivity contribution in [2.75, 3.05) is 20.3 Å². The maximum Gasteiger partial charge on any atom is 0.421 e. The van der Waals surface area contributed by atoms with Crippen LogP contribution in [0.3, 0.4) is 0 Å². The number of nitrogens with zero attached hydrogens (tertiary/aromatic N) is 1. The van der Waals surface area contributed by atoms with Crippen molar-refractivity contribution < 1.29 is 32.9 Å². The molecule has 9 heteroatoms. The Bertz CT molecular complexity index is 1180. The van der Waals surface area contributed by atoms with Gasteiger partial charge in [0.2, 0.25) is 0 Å². The lowest BCUT2D eigenvalue weighted by molar-refractivity contribution is -0.258. The van der Waals surface area contributed by atoms with Crippen molar-refractivity contribution in [2.24, 2.45) is 0 Å². The zero-order valence-corrected chi connectivity index (χ0v) is 18.1. The van der Waals surface area contributed by atoms with Crippen LogP contribution in [0, 0.1) is 0 Å². The summed E-state index contributed by atoms with van der Waals surface area (Å²) < 4.78 is 53.0. The molecular formula is C23H26F3NO5. The Balaban J connectivity index is 2.44. The summed E-state index contributed by atoms with van der Waals surface area (Å²) in [6.45, 7) is 2.82. The van der Waals surface area contributed by atoms with Crippen LogP contribution < -0.4 is 15.0 Å². The first-order valence-corrected chi connectivity index (χ1v) is 10.3. The minimum absolute atomic E-state index is 0.0372. The topological polar surface area (TPSA) is 80.9 Å². The summed E-state index contributed by atoms with van der Waals surface area (Å²) in [5.41, 5.74) is -3.47. The number of hydrogen-bond acceptors (Lipinski definition) is 5. The van der Waals surface area contributed by atoms with Crippen LogP contribution in [0.1, 0.15) is 32.3 Å². The number of aromatic nitrogens is 1. The number of methoxy groups -OCH3 is 1. The van der Waals surface area contributed by atoms with Crippen LogP contribution in [0.25, 0.3) is 21.7 Å². The van der Waals surface area contributed by atoms with Crippen molar-refractivity contribution >= 4 is 21.7 Å². The SMILES string of the molecule is CCCCn1c(=O)c2cc(OCCO)ccc2c2cc(C(C)(O)C(F)(F)F)cc(OC)c21. The third-order valence-corrected chi connectivity index (χ3v) is 5.53. The summed E-state index contributed by atoms with van der Waals surface area (Å²) in [4.78, 5) is 13.4. The van der Waals surface area contributed by atoms with Gasteiger partial charge in [-0.25, -0.2) is 0 Å². The first kappa shape index (κ1) is 23.9. The van der Waals surface area contributed by atoms with Crippen LogP contribution in [0.5, 0.6) is 11.5 Å². The number of aliphatic hydroxyl groups is 2. The summed E-state index contributed by atoms with van der Waals surface area (Å²) in [6, 6.07) is 7.05.